The summed E-state index contributed by atoms with van der Waals surface area (Å²) < 4.78 is 3.97. The van der Waals surface area contributed by atoms with E-state index in [-0.39, 0.29) is 51.4 Å². The van der Waals surface area contributed by atoms with E-state index in [1.54, 1.807) is 0 Å². The zero-order chi connectivity index (χ0) is 5.28. The Morgan fingerprint density at radius 1 is 1.12 bits per heavy atom. The standard InChI is InChI=1S/C4H2O3.K.H/c5-3-1-2-4(6)7-3;;/h1-2H;;. The molecule has 0 saturated carbocycles. The van der Waals surface area contributed by atoms with Crippen LogP contribution in [0.4, 0.5) is 0 Å². The molecule has 0 aromatic carbocycles. The molecule has 1 rings (SSSR count). The van der Waals surface area contributed by atoms with Gasteiger partial charge in [-0.25, -0.2) is 9.59 Å². The van der Waals surface area contributed by atoms with Crippen molar-refractivity contribution in [2.75, 3.05) is 0 Å². The molecule has 0 bridgehead atoms. The molecule has 0 aromatic heterocycles. The predicted octanol–water partition coefficient (Wildman–Crippen LogP) is -1.02. The molecule has 1 heterocycles. The Bertz CT molecular complexity index is 133. The van der Waals surface area contributed by atoms with E-state index in [1.807, 2.05) is 0 Å². The van der Waals surface area contributed by atoms with Gasteiger partial charge < -0.3 is 4.74 Å². The van der Waals surface area contributed by atoms with Crippen molar-refractivity contribution in [3.8, 4) is 0 Å². The molecular formula is C4H3KO3. The van der Waals surface area contributed by atoms with E-state index >= 15 is 0 Å². The first-order valence-corrected chi connectivity index (χ1v) is 1.73. The van der Waals surface area contributed by atoms with Crippen LogP contribution in [0.3, 0.4) is 0 Å². The Morgan fingerprint density at radius 3 is 1.62 bits per heavy atom. The SMILES string of the molecule is O=C1C=CC(=O)O1.[KH]. The molecule has 0 spiro atoms. The molecule has 1 aliphatic heterocycles. The van der Waals surface area contributed by atoms with Gasteiger partial charge in [-0.15, -0.1) is 0 Å². The summed E-state index contributed by atoms with van der Waals surface area (Å²) in [6, 6.07) is 0. The first-order valence-electron chi connectivity index (χ1n) is 1.73. The van der Waals surface area contributed by atoms with Crippen LogP contribution in [0, 0.1) is 0 Å². The molecule has 0 radical (unpaired) electrons. The minimum absolute atomic E-state index is 0. The van der Waals surface area contributed by atoms with E-state index in [0.29, 0.717) is 0 Å². The van der Waals surface area contributed by atoms with Gasteiger partial charge in [0.05, 0.1) is 0 Å². The fourth-order valence-corrected chi connectivity index (χ4v) is 0.303. The molecule has 1 aliphatic rings. The Kier molecular flexibility index (Phi) is 3.75. The van der Waals surface area contributed by atoms with Crippen LogP contribution < -0.4 is 0 Å². The maximum absolute atomic E-state index is 9.92. The molecule has 0 saturated heterocycles. The van der Waals surface area contributed by atoms with Crippen LogP contribution in [-0.2, 0) is 14.3 Å². The average Bonchev–Trinajstić information content (AvgIpc) is 1.87. The van der Waals surface area contributed by atoms with Gasteiger partial charge in [0, 0.05) is 12.2 Å². The van der Waals surface area contributed by atoms with Crippen molar-refractivity contribution >= 4 is 63.3 Å². The molecule has 0 N–H and O–H groups in total. The predicted molar refractivity (Wildman–Crippen MR) is 27.4 cm³/mol. The molecular weight excluding hydrogens is 135 g/mol. The van der Waals surface area contributed by atoms with Gasteiger partial charge in [0.15, 0.2) is 0 Å². The molecule has 38 valence electrons. The van der Waals surface area contributed by atoms with Crippen molar-refractivity contribution in [1.29, 1.82) is 0 Å². The second kappa shape index (κ2) is 3.52. The monoisotopic (exact) mass is 138 g/mol. The van der Waals surface area contributed by atoms with Crippen molar-refractivity contribution < 1.29 is 14.3 Å². The van der Waals surface area contributed by atoms with Gasteiger partial charge in [-0.05, 0) is 0 Å². The van der Waals surface area contributed by atoms with Crippen molar-refractivity contribution in [2.24, 2.45) is 0 Å². The number of rotatable bonds is 0. The van der Waals surface area contributed by atoms with Gasteiger partial charge in [0.25, 0.3) is 0 Å². The number of esters is 2. The fourth-order valence-electron chi connectivity index (χ4n) is 0.303. The molecule has 3 nitrogen and oxygen atoms in total. The van der Waals surface area contributed by atoms with E-state index in [9.17, 15) is 9.59 Å². The zero-order valence-electron chi connectivity index (χ0n) is 3.38. The van der Waals surface area contributed by atoms with E-state index in [0.717, 1.165) is 12.2 Å². The van der Waals surface area contributed by atoms with Crippen LogP contribution in [0.25, 0.3) is 0 Å². The van der Waals surface area contributed by atoms with Crippen LogP contribution in [0.2, 0.25) is 0 Å². The third-order valence-electron chi connectivity index (χ3n) is 0.557. The number of cyclic esters (lactones) is 2. The number of ether oxygens (including phenoxy) is 1. The van der Waals surface area contributed by atoms with Crippen LogP contribution in [0.5, 0.6) is 0 Å². The number of carbonyl (C=O) groups is 2. The zero-order valence-corrected chi connectivity index (χ0v) is 3.38. The molecule has 0 amide bonds. The topological polar surface area (TPSA) is 43.4 Å². The van der Waals surface area contributed by atoms with Crippen LogP contribution >= 0.6 is 0 Å². The minimum atomic E-state index is -0.579. The van der Waals surface area contributed by atoms with Crippen LogP contribution in [-0.4, -0.2) is 63.3 Å². The summed E-state index contributed by atoms with van der Waals surface area (Å²) in [6.45, 7) is 0. The van der Waals surface area contributed by atoms with E-state index in [1.165, 1.54) is 0 Å². The first kappa shape index (κ1) is 8.52. The number of carbonyl (C=O) groups excluding carboxylic acids is 2. The van der Waals surface area contributed by atoms with Crippen molar-refractivity contribution in [1.82, 2.24) is 0 Å². The second-order valence-electron chi connectivity index (χ2n) is 1.07. The van der Waals surface area contributed by atoms with Crippen molar-refractivity contribution in [3.63, 3.8) is 0 Å². The maximum atomic E-state index is 9.92. The molecule has 0 aromatic rings. The van der Waals surface area contributed by atoms with Gasteiger partial charge in [-0.2, -0.15) is 0 Å². The molecule has 0 atom stereocenters. The summed E-state index contributed by atoms with van der Waals surface area (Å²) in [5.41, 5.74) is 0. The van der Waals surface area contributed by atoms with Crippen LogP contribution in [0.1, 0.15) is 0 Å². The Balaban J connectivity index is 0.000000490. The fraction of sp³-hybridized carbons (Fsp3) is 0. The van der Waals surface area contributed by atoms with E-state index < -0.39 is 11.9 Å². The number of hydrogen-bond donors (Lipinski definition) is 0. The van der Waals surface area contributed by atoms with E-state index in [2.05, 4.69) is 4.74 Å². The van der Waals surface area contributed by atoms with E-state index in [4.69, 9.17) is 0 Å². The van der Waals surface area contributed by atoms with Gasteiger partial charge in [-0.1, -0.05) is 0 Å². The summed E-state index contributed by atoms with van der Waals surface area (Å²) in [6.07, 6.45) is 2.17. The van der Waals surface area contributed by atoms with Crippen molar-refractivity contribution in [3.05, 3.63) is 12.2 Å². The summed E-state index contributed by atoms with van der Waals surface area (Å²) >= 11 is 0. The summed E-state index contributed by atoms with van der Waals surface area (Å²) in [4.78, 5) is 19.8. The third kappa shape index (κ3) is 2.19. The van der Waals surface area contributed by atoms with Crippen LogP contribution in [0.15, 0.2) is 12.2 Å². The molecule has 0 fully saturated rings. The van der Waals surface area contributed by atoms with Gasteiger partial charge in [0.1, 0.15) is 0 Å². The summed E-state index contributed by atoms with van der Waals surface area (Å²) in [5.74, 6) is -1.16. The Morgan fingerprint density at radius 2 is 1.50 bits per heavy atom. The quantitative estimate of drug-likeness (QED) is 0.244. The molecule has 8 heavy (non-hydrogen) atoms. The van der Waals surface area contributed by atoms with Gasteiger partial charge in [-0.3, -0.25) is 0 Å². The normalized spacial score (nSPS) is 15.5. The molecule has 4 heteroatoms. The summed E-state index contributed by atoms with van der Waals surface area (Å²) in [7, 11) is 0. The number of hydrogen-bond acceptors (Lipinski definition) is 3. The summed E-state index contributed by atoms with van der Waals surface area (Å²) in [5, 5.41) is 0. The Labute approximate surface area is 88.5 Å². The molecule has 0 unspecified atom stereocenters. The molecule has 0 aliphatic carbocycles. The van der Waals surface area contributed by atoms with Crippen molar-refractivity contribution in [2.45, 2.75) is 0 Å². The first-order chi connectivity index (χ1) is 3.29. The average molecular weight is 138 g/mol. The van der Waals surface area contributed by atoms with Gasteiger partial charge in [0.2, 0.25) is 0 Å². The second-order valence-corrected chi connectivity index (χ2v) is 1.07. The van der Waals surface area contributed by atoms with Gasteiger partial charge >= 0.3 is 63.3 Å². The Hall–Kier alpha value is 0.516. The third-order valence-corrected chi connectivity index (χ3v) is 0.557.